The van der Waals surface area contributed by atoms with Crippen molar-refractivity contribution in [3.05, 3.63) is 46.8 Å². The molecule has 2 atom stereocenters. The molecule has 0 spiro atoms. The van der Waals surface area contributed by atoms with Gasteiger partial charge in [0.1, 0.15) is 42.2 Å². The van der Waals surface area contributed by atoms with E-state index in [1.165, 1.54) is 11.0 Å². The molecule has 1 heterocycles. The van der Waals surface area contributed by atoms with Crippen LogP contribution in [-0.2, 0) is 20.7 Å². The molecule has 0 fully saturated rings. The molecule has 0 bridgehead atoms. The highest BCUT2D eigenvalue weighted by Gasteiger charge is 2.52. The zero-order chi connectivity index (χ0) is 28.4. The molecule has 13 heteroatoms. The molecule has 0 saturated carbocycles. The van der Waals surface area contributed by atoms with Gasteiger partial charge in [0.05, 0.1) is 17.0 Å². The molecule has 206 valence electrons. The van der Waals surface area contributed by atoms with E-state index < -0.39 is 58.1 Å². The predicted molar refractivity (Wildman–Crippen MR) is 133 cm³/mol. The van der Waals surface area contributed by atoms with Crippen LogP contribution in [0.3, 0.4) is 0 Å². The topological polar surface area (TPSA) is 79.6 Å². The normalized spacial score (nSPS) is 20.0. The van der Waals surface area contributed by atoms with E-state index in [1.807, 2.05) is 26.8 Å². The zero-order valence-electron chi connectivity index (χ0n) is 21.4. The van der Waals surface area contributed by atoms with Crippen LogP contribution in [0.1, 0.15) is 43.6 Å². The van der Waals surface area contributed by atoms with E-state index in [4.69, 9.17) is 9.16 Å². The van der Waals surface area contributed by atoms with Crippen molar-refractivity contribution in [1.82, 2.24) is 0 Å². The first-order valence-electron chi connectivity index (χ1n) is 11.8. The third-order valence-corrected chi connectivity index (χ3v) is 13.4. The van der Waals surface area contributed by atoms with Crippen molar-refractivity contribution >= 4 is 29.5 Å². The summed E-state index contributed by atoms with van der Waals surface area (Å²) < 4.78 is 108. The third kappa shape index (κ3) is 4.56. The average Bonchev–Trinajstić information content (AvgIpc) is 3.11. The number of ether oxygens (including phenoxy) is 1. The summed E-state index contributed by atoms with van der Waals surface area (Å²) in [6, 6.07) is 5.92. The number of hydrogen-bond acceptors (Lipinski definition) is 6. The quantitative estimate of drug-likeness (QED) is 0.307. The van der Waals surface area contributed by atoms with E-state index in [0.29, 0.717) is 0 Å². The number of hydrogen-bond donors (Lipinski definition) is 0. The van der Waals surface area contributed by atoms with E-state index in [2.05, 4.69) is 0 Å². The summed E-state index contributed by atoms with van der Waals surface area (Å²) in [6.45, 7) is 9.37. The number of rotatable bonds is 4. The number of alkyl halides is 4. The molecule has 6 nitrogen and oxygen atoms in total. The number of halogens is 5. The second-order valence-electron chi connectivity index (χ2n) is 10.9. The fourth-order valence-electron chi connectivity index (χ4n) is 4.53. The Morgan fingerprint density at radius 2 is 1.84 bits per heavy atom. The maximum atomic E-state index is 15.7. The van der Waals surface area contributed by atoms with Crippen LogP contribution in [-0.4, -0.2) is 41.6 Å². The average molecular weight is 575 g/mol. The second-order valence-corrected chi connectivity index (χ2v) is 17.5. The number of nitrogens with zero attached hydrogens (tertiary/aromatic N) is 2. The van der Waals surface area contributed by atoms with E-state index in [1.54, 1.807) is 13.1 Å². The summed E-state index contributed by atoms with van der Waals surface area (Å²) in [7, 11) is -8.63. The summed E-state index contributed by atoms with van der Waals surface area (Å²) in [5, 5.41) is 9.19. The van der Waals surface area contributed by atoms with Crippen LogP contribution in [0.2, 0.25) is 18.1 Å². The minimum atomic E-state index is -5.85. The van der Waals surface area contributed by atoms with Gasteiger partial charge in [0.25, 0.3) is 9.84 Å². The SMILES string of the molecule is CC(C)(C)[Si](C)(C)O[C@H]1c2c(S(=O)(=O)C(F)(F)F)ccc(N3CCOc4cc(F)cc(C#N)c43)c2C[C@H]1F. The molecular weight excluding hydrogens is 547 g/mol. The predicted octanol–water partition coefficient (Wildman–Crippen LogP) is 6.48. The Morgan fingerprint density at radius 1 is 1.18 bits per heavy atom. The molecular formula is C25H27F5N2O4SSi. The highest BCUT2D eigenvalue weighted by molar-refractivity contribution is 7.92. The van der Waals surface area contributed by atoms with Gasteiger partial charge in [0.2, 0.25) is 0 Å². The van der Waals surface area contributed by atoms with Gasteiger partial charge >= 0.3 is 5.51 Å². The zero-order valence-corrected chi connectivity index (χ0v) is 23.2. The Balaban J connectivity index is 1.98. The van der Waals surface area contributed by atoms with Gasteiger partial charge in [-0.1, -0.05) is 20.8 Å². The van der Waals surface area contributed by atoms with Gasteiger partial charge in [-0.25, -0.2) is 17.2 Å². The van der Waals surface area contributed by atoms with Crippen LogP contribution in [0.5, 0.6) is 5.75 Å². The largest absolute Gasteiger partial charge is 0.501 e. The summed E-state index contributed by atoms with van der Waals surface area (Å²) in [5.74, 6) is -0.678. The van der Waals surface area contributed by atoms with Gasteiger partial charge in [-0.15, -0.1) is 0 Å². The summed E-state index contributed by atoms with van der Waals surface area (Å²) >= 11 is 0. The molecule has 1 aliphatic carbocycles. The first-order chi connectivity index (χ1) is 17.4. The molecule has 0 amide bonds. The maximum Gasteiger partial charge on any atom is 0.501 e. The maximum absolute atomic E-state index is 15.7. The van der Waals surface area contributed by atoms with Crippen molar-refractivity contribution < 1.29 is 39.5 Å². The molecule has 0 N–H and O–H groups in total. The van der Waals surface area contributed by atoms with Gasteiger partial charge < -0.3 is 14.1 Å². The van der Waals surface area contributed by atoms with Crippen LogP contribution >= 0.6 is 0 Å². The molecule has 2 aliphatic rings. The lowest BCUT2D eigenvalue weighted by Crippen LogP contribution is -2.43. The Bertz CT molecular complexity index is 1430. The lowest BCUT2D eigenvalue weighted by Gasteiger charge is -2.39. The van der Waals surface area contributed by atoms with E-state index in [-0.39, 0.29) is 47.0 Å². The minimum Gasteiger partial charge on any atom is -0.489 e. The highest BCUT2D eigenvalue weighted by Crippen LogP contribution is 2.52. The number of sulfone groups is 1. The highest BCUT2D eigenvalue weighted by atomic mass is 32.2. The van der Waals surface area contributed by atoms with Crippen LogP contribution in [0.25, 0.3) is 0 Å². The molecule has 0 aromatic heterocycles. The van der Waals surface area contributed by atoms with Crippen molar-refractivity contribution in [2.24, 2.45) is 0 Å². The Morgan fingerprint density at radius 3 is 2.42 bits per heavy atom. The molecule has 2 aromatic rings. The molecule has 38 heavy (non-hydrogen) atoms. The molecule has 4 rings (SSSR count). The van der Waals surface area contributed by atoms with Crippen LogP contribution in [0, 0.1) is 17.1 Å². The number of benzene rings is 2. The monoisotopic (exact) mass is 574 g/mol. The lowest BCUT2D eigenvalue weighted by molar-refractivity contribution is -0.0437. The van der Waals surface area contributed by atoms with E-state index in [0.717, 1.165) is 18.2 Å². The van der Waals surface area contributed by atoms with Gasteiger partial charge in [-0.2, -0.15) is 18.4 Å². The molecule has 0 saturated heterocycles. The minimum absolute atomic E-state index is 0.0348. The first-order valence-corrected chi connectivity index (χ1v) is 16.2. The molecule has 0 unspecified atom stereocenters. The van der Waals surface area contributed by atoms with Crippen molar-refractivity contribution in [2.75, 3.05) is 18.1 Å². The lowest BCUT2D eigenvalue weighted by atomic mass is 10.0. The van der Waals surface area contributed by atoms with Gasteiger partial charge in [-0.05, 0) is 41.9 Å². The fourth-order valence-corrected chi connectivity index (χ4v) is 6.81. The van der Waals surface area contributed by atoms with Gasteiger partial charge in [0, 0.05) is 23.7 Å². The first kappa shape index (κ1) is 28.3. The van der Waals surface area contributed by atoms with Gasteiger partial charge in [-0.3, -0.25) is 0 Å². The van der Waals surface area contributed by atoms with Crippen molar-refractivity contribution in [1.29, 1.82) is 5.26 Å². The smallest absolute Gasteiger partial charge is 0.489 e. The second kappa shape index (κ2) is 9.20. The summed E-state index contributed by atoms with van der Waals surface area (Å²) in [4.78, 5) is 0.474. The number of nitriles is 1. The standard InChI is InChI=1S/C25H27F5N2O4SSi/c1-24(2,3)38(4,5)36-23-17(27)12-16-18(6-7-20(21(16)23)37(33,34)25(28,29)30)32-8-9-35-19-11-15(26)10-14(13-31)22(19)32/h6-7,10-11,17,23H,8-9,12H2,1-5H3/t17-,23-/m1/s1. The van der Waals surface area contributed by atoms with Crippen LogP contribution < -0.4 is 9.64 Å². The Hall–Kier alpha value is -2.69. The Labute approximate surface area is 219 Å². The number of fused-ring (bicyclic) bond motifs is 2. The number of anilines is 2. The fraction of sp³-hybridized carbons (Fsp3) is 0.480. The van der Waals surface area contributed by atoms with Crippen LogP contribution in [0.4, 0.5) is 33.3 Å². The van der Waals surface area contributed by atoms with Crippen LogP contribution in [0.15, 0.2) is 29.2 Å². The van der Waals surface area contributed by atoms with Crippen molar-refractivity contribution in [2.45, 2.75) is 68.0 Å². The summed E-state index contributed by atoms with van der Waals surface area (Å²) in [5.41, 5.74) is -5.67. The molecule has 0 radical (unpaired) electrons. The molecule has 2 aromatic carbocycles. The van der Waals surface area contributed by atoms with Crippen molar-refractivity contribution in [3.63, 3.8) is 0 Å². The van der Waals surface area contributed by atoms with Crippen molar-refractivity contribution in [3.8, 4) is 11.8 Å². The molecule has 1 aliphatic heterocycles. The summed E-state index contributed by atoms with van der Waals surface area (Å²) in [6.07, 6.45) is -3.75. The third-order valence-electron chi connectivity index (χ3n) is 7.42. The van der Waals surface area contributed by atoms with Gasteiger partial charge in [0.15, 0.2) is 8.32 Å². The van der Waals surface area contributed by atoms with E-state index in [9.17, 15) is 31.2 Å². The van der Waals surface area contributed by atoms with E-state index >= 15 is 4.39 Å². The Kier molecular flexibility index (Phi) is 6.86.